The van der Waals surface area contributed by atoms with Crippen molar-refractivity contribution in [3.05, 3.63) is 130 Å². The van der Waals surface area contributed by atoms with Gasteiger partial charge in [0.2, 0.25) is 17.7 Å². The maximum absolute atomic E-state index is 14.0. The van der Waals surface area contributed by atoms with Crippen LogP contribution in [0, 0.1) is 13.8 Å². The second-order valence-corrected chi connectivity index (χ2v) is 17.9. The fraction of sp³-hybridized carbons (Fsp3) is 0.407. The molecule has 5 amide bonds. The lowest BCUT2D eigenvalue weighted by molar-refractivity contribution is -0.162. The van der Waals surface area contributed by atoms with E-state index in [1.165, 1.54) is 29.3 Å². The molecule has 1 unspecified atom stereocenters. The molecule has 7 rings (SSSR count). The number of benzene rings is 4. The quantitative estimate of drug-likeness (QED) is 0.0469. The number of nitrogens with one attached hydrogen (secondary N) is 1. The molecule has 4 aromatic carbocycles. The fourth-order valence-corrected chi connectivity index (χ4v) is 8.99. The summed E-state index contributed by atoms with van der Waals surface area (Å²) < 4.78 is 18.0. The number of nitrogens with zero attached hydrogens (tertiary/aromatic N) is 2. The van der Waals surface area contributed by atoms with E-state index in [0.717, 1.165) is 40.9 Å². The van der Waals surface area contributed by atoms with E-state index < -0.39 is 47.8 Å². The fourth-order valence-electron chi connectivity index (χ4n) is 8.99. The molecule has 3 heterocycles. The summed E-state index contributed by atoms with van der Waals surface area (Å²) in [7, 11) is 0. The number of carbonyl (C=O) groups is 8. The molecule has 14 nitrogen and oxygen atoms in total. The van der Waals surface area contributed by atoms with Crippen LogP contribution in [0.4, 0.5) is 0 Å². The van der Waals surface area contributed by atoms with Gasteiger partial charge in [0.25, 0.3) is 11.8 Å². The van der Waals surface area contributed by atoms with Crippen LogP contribution in [0.5, 0.6) is 11.5 Å². The largest absolute Gasteiger partial charge is 0.486 e. The first-order valence-corrected chi connectivity index (χ1v) is 23.7. The average molecular weight is 926 g/mol. The SMILES string of the molecule is Cc1ccc(CC[C@@H](OC(=O)[C@@H]2CCCCN2C(=O)Cc2ccccc2)c2cccc(OCC(=O)CCCCCCC(=O)COc3cccc4c3C(=O)N(C3CCC(=O)NC3=O)C4=O)c2)cc1C. The van der Waals surface area contributed by atoms with Crippen LogP contribution >= 0.6 is 0 Å². The Bertz CT molecular complexity index is 2540. The molecule has 0 aromatic heterocycles. The van der Waals surface area contributed by atoms with Crippen LogP contribution in [0.3, 0.4) is 0 Å². The lowest BCUT2D eigenvalue weighted by atomic mass is 9.98. The molecule has 0 saturated carbocycles. The van der Waals surface area contributed by atoms with Crippen molar-refractivity contribution in [3.63, 3.8) is 0 Å². The highest BCUT2D eigenvalue weighted by molar-refractivity contribution is 6.24. The summed E-state index contributed by atoms with van der Waals surface area (Å²) >= 11 is 0. The van der Waals surface area contributed by atoms with Gasteiger partial charge in [-0.05, 0) is 117 Å². The van der Waals surface area contributed by atoms with Gasteiger partial charge in [-0.25, -0.2) is 4.79 Å². The highest BCUT2D eigenvalue weighted by atomic mass is 16.5. The zero-order chi connectivity index (χ0) is 48.2. The van der Waals surface area contributed by atoms with Gasteiger partial charge in [0.1, 0.15) is 42.9 Å². The summed E-state index contributed by atoms with van der Waals surface area (Å²) in [5.41, 5.74) is 5.18. The van der Waals surface area contributed by atoms with E-state index in [1.807, 2.05) is 48.5 Å². The molecule has 0 bridgehead atoms. The van der Waals surface area contributed by atoms with E-state index >= 15 is 0 Å². The third-order valence-corrected chi connectivity index (χ3v) is 12.9. The minimum Gasteiger partial charge on any atom is -0.486 e. The summed E-state index contributed by atoms with van der Waals surface area (Å²) in [5.74, 6) is -2.79. The summed E-state index contributed by atoms with van der Waals surface area (Å²) in [6, 6.07) is 25.8. The smallest absolute Gasteiger partial charge is 0.329 e. The Hall–Kier alpha value is -6.96. The minimum atomic E-state index is -1.11. The van der Waals surface area contributed by atoms with Crippen LogP contribution in [-0.4, -0.2) is 88.7 Å². The molecule has 2 saturated heterocycles. The first kappa shape index (κ1) is 49.0. The summed E-state index contributed by atoms with van der Waals surface area (Å²) in [6.07, 6.45) is 6.10. The van der Waals surface area contributed by atoms with Crippen molar-refractivity contribution in [1.82, 2.24) is 15.1 Å². The van der Waals surface area contributed by atoms with Crippen LogP contribution < -0.4 is 14.8 Å². The van der Waals surface area contributed by atoms with Gasteiger partial charge in [0.15, 0.2) is 11.6 Å². The Morgan fingerprint density at radius 2 is 1.46 bits per heavy atom. The second-order valence-electron chi connectivity index (χ2n) is 17.9. The molecule has 3 aliphatic heterocycles. The molecule has 3 atom stereocenters. The van der Waals surface area contributed by atoms with Crippen molar-refractivity contribution in [2.75, 3.05) is 19.8 Å². The van der Waals surface area contributed by atoms with Crippen LogP contribution in [0.2, 0.25) is 0 Å². The lowest BCUT2D eigenvalue weighted by Crippen LogP contribution is -2.54. The van der Waals surface area contributed by atoms with Crippen molar-refractivity contribution >= 4 is 47.1 Å². The van der Waals surface area contributed by atoms with E-state index in [1.54, 1.807) is 11.0 Å². The van der Waals surface area contributed by atoms with Crippen LogP contribution in [0.1, 0.15) is 132 Å². The first-order valence-electron chi connectivity index (χ1n) is 23.7. The Balaban J connectivity index is 0.861. The molecule has 0 spiro atoms. The van der Waals surface area contributed by atoms with E-state index in [4.69, 9.17) is 14.2 Å². The number of carbonyl (C=O) groups excluding carboxylic acids is 8. The van der Waals surface area contributed by atoms with Crippen molar-refractivity contribution in [2.24, 2.45) is 0 Å². The Kier molecular flexibility index (Phi) is 16.7. The number of rotatable bonds is 22. The Morgan fingerprint density at radius 1 is 0.721 bits per heavy atom. The van der Waals surface area contributed by atoms with Gasteiger partial charge >= 0.3 is 5.97 Å². The van der Waals surface area contributed by atoms with Gasteiger partial charge in [-0.15, -0.1) is 0 Å². The van der Waals surface area contributed by atoms with Gasteiger partial charge in [0.05, 0.1) is 17.5 Å². The number of Topliss-reactive ketones (excluding diaryl/α,β-unsaturated/α-hetero) is 2. The van der Waals surface area contributed by atoms with Gasteiger partial charge in [-0.2, -0.15) is 0 Å². The van der Waals surface area contributed by atoms with Crippen molar-refractivity contribution < 1.29 is 52.6 Å². The number of piperidine rings is 2. The Morgan fingerprint density at radius 3 is 2.19 bits per heavy atom. The second kappa shape index (κ2) is 23.2. The zero-order valence-corrected chi connectivity index (χ0v) is 38.8. The van der Waals surface area contributed by atoms with Gasteiger partial charge < -0.3 is 19.1 Å². The molecule has 1 N–H and O–H groups in total. The Labute approximate surface area is 396 Å². The standard InChI is InChI=1S/C54H59N3O11/c1-35-23-24-38(30-36(35)2)25-27-46(68-54(65)45-21-10-11-29-56(45)49(61)31-37-14-6-5-7-15-37)39-16-12-19-42(32-39)66-33-40(58)17-8-3-4-9-18-41(59)34-67-47-22-13-20-43-50(47)53(64)57(52(43)63)44-26-28-48(60)55-51(44)62/h5-7,12-16,19-20,22-24,30,32,44-46H,3-4,8-11,17-18,21,25-29,31,33-34H2,1-2H3,(H,55,60,62)/t44?,45-,46+/m0/s1. The number of imide groups is 2. The number of hydrogen-bond acceptors (Lipinski definition) is 11. The van der Waals surface area contributed by atoms with E-state index in [2.05, 4.69) is 37.4 Å². The monoisotopic (exact) mass is 925 g/mol. The van der Waals surface area contributed by atoms with Crippen molar-refractivity contribution in [1.29, 1.82) is 0 Å². The first-order chi connectivity index (χ1) is 32.9. The van der Waals surface area contributed by atoms with Crippen LogP contribution in [0.25, 0.3) is 0 Å². The topological polar surface area (TPSA) is 183 Å². The van der Waals surface area contributed by atoms with E-state index in [9.17, 15) is 38.4 Å². The van der Waals surface area contributed by atoms with Gasteiger partial charge in [-0.3, -0.25) is 43.8 Å². The highest BCUT2D eigenvalue weighted by Gasteiger charge is 2.46. The molecular formula is C54H59N3O11. The predicted octanol–water partition coefficient (Wildman–Crippen LogP) is 7.48. The molecule has 3 aliphatic rings. The average Bonchev–Trinajstić information content (AvgIpc) is 3.59. The number of hydrogen-bond donors (Lipinski definition) is 1. The maximum atomic E-state index is 14.0. The number of esters is 1. The molecule has 0 aliphatic carbocycles. The lowest BCUT2D eigenvalue weighted by Gasteiger charge is -2.35. The van der Waals surface area contributed by atoms with Crippen molar-refractivity contribution in [2.45, 2.75) is 122 Å². The maximum Gasteiger partial charge on any atom is 0.329 e. The molecule has 4 aromatic rings. The summed E-state index contributed by atoms with van der Waals surface area (Å²) in [6.45, 7) is 4.20. The molecule has 2 fully saturated rings. The molecule has 0 radical (unpaired) electrons. The predicted molar refractivity (Wildman–Crippen MR) is 251 cm³/mol. The summed E-state index contributed by atoms with van der Waals surface area (Å²) in [4.78, 5) is 106. The number of aryl methyl sites for hydroxylation is 3. The molecular weight excluding hydrogens is 867 g/mol. The van der Waals surface area contributed by atoms with E-state index in [-0.39, 0.29) is 73.2 Å². The minimum absolute atomic E-state index is 0.00388. The van der Waals surface area contributed by atoms with Crippen LogP contribution in [0.15, 0.2) is 91.0 Å². The third-order valence-electron chi connectivity index (χ3n) is 12.9. The van der Waals surface area contributed by atoms with Crippen molar-refractivity contribution in [3.8, 4) is 11.5 Å². The number of ketones is 2. The number of likely N-dealkylation sites (tertiary alicyclic amines) is 1. The number of fused-ring (bicyclic) bond motifs is 1. The van der Waals surface area contributed by atoms with Gasteiger partial charge in [-0.1, -0.05) is 79.6 Å². The van der Waals surface area contributed by atoms with E-state index in [0.29, 0.717) is 57.2 Å². The number of unbranched alkanes of at least 4 members (excludes halogenated alkanes) is 3. The van der Waals surface area contributed by atoms with Gasteiger partial charge in [0, 0.05) is 25.8 Å². The normalized spacial score (nSPS) is 17.3. The molecule has 68 heavy (non-hydrogen) atoms. The zero-order valence-electron chi connectivity index (χ0n) is 38.8. The highest BCUT2D eigenvalue weighted by Crippen LogP contribution is 2.34. The molecule has 14 heteroatoms. The number of amides is 5. The summed E-state index contributed by atoms with van der Waals surface area (Å²) in [5, 5.41) is 2.17. The third kappa shape index (κ3) is 12.5. The molecule has 356 valence electrons. The van der Waals surface area contributed by atoms with Crippen LogP contribution in [-0.2, 0) is 46.3 Å². The number of ether oxygens (including phenoxy) is 3.